The van der Waals surface area contributed by atoms with Crippen LogP contribution < -0.4 is 5.32 Å². The number of nitrogens with one attached hydrogen (secondary N) is 1. The maximum absolute atomic E-state index is 13.4. The Kier molecular flexibility index (Phi) is 6.68. The number of rotatable bonds is 7. The van der Waals surface area contributed by atoms with Crippen LogP contribution in [0, 0.1) is 0 Å². The number of thiophene rings is 1. The fraction of sp³-hybridized carbons (Fsp3) is 0.192. The molecule has 36 heavy (non-hydrogen) atoms. The summed E-state index contributed by atoms with van der Waals surface area (Å²) in [6, 6.07) is 16.5. The highest BCUT2D eigenvalue weighted by molar-refractivity contribution is 7.18. The number of pyridine rings is 1. The third kappa shape index (κ3) is 5.22. The first-order valence-electron chi connectivity index (χ1n) is 11.1. The largest absolute Gasteiger partial charge is 0.418 e. The zero-order valence-corrected chi connectivity index (χ0v) is 20.3. The molecule has 184 valence electrons. The van der Waals surface area contributed by atoms with Crippen LogP contribution in [0.25, 0.3) is 10.9 Å². The molecule has 1 aliphatic heterocycles. The Balaban J connectivity index is 1.23. The van der Waals surface area contributed by atoms with Crippen molar-refractivity contribution in [3.8, 4) is 0 Å². The molecule has 0 amide bonds. The van der Waals surface area contributed by atoms with Gasteiger partial charge in [0.25, 0.3) is 0 Å². The summed E-state index contributed by atoms with van der Waals surface area (Å²) in [5.41, 5.74) is 2.02. The number of aromatic nitrogens is 1. The molecule has 1 atom stereocenters. The van der Waals surface area contributed by atoms with Gasteiger partial charge in [-0.2, -0.15) is 13.2 Å². The van der Waals surface area contributed by atoms with Crippen molar-refractivity contribution >= 4 is 56.7 Å². The normalized spacial score (nSPS) is 15.6. The van der Waals surface area contributed by atoms with Crippen molar-refractivity contribution in [3.05, 3.63) is 87.2 Å². The first-order chi connectivity index (χ1) is 17.3. The molecule has 1 N–H and O–H groups in total. The van der Waals surface area contributed by atoms with Crippen LogP contribution in [0.4, 0.5) is 24.5 Å². The lowest BCUT2D eigenvalue weighted by Crippen LogP contribution is -2.11. The van der Waals surface area contributed by atoms with E-state index < -0.39 is 11.7 Å². The van der Waals surface area contributed by atoms with Gasteiger partial charge in [0.2, 0.25) is 0 Å². The Labute approximate surface area is 213 Å². The number of nitrogens with zero attached hydrogens (tertiary/aromatic N) is 2. The minimum Gasteiger partial charge on any atom is -0.392 e. The fourth-order valence-electron chi connectivity index (χ4n) is 4.05. The topological polar surface area (TPSA) is 63.6 Å². The Morgan fingerprint density at radius 2 is 1.92 bits per heavy atom. The molecule has 0 bridgehead atoms. The van der Waals surface area contributed by atoms with Crippen molar-refractivity contribution in [2.75, 3.05) is 5.32 Å². The van der Waals surface area contributed by atoms with E-state index in [2.05, 4.69) is 15.5 Å². The number of ketones is 1. The van der Waals surface area contributed by atoms with Crippen molar-refractivity contribution in [2.45, 2.75) is 31.5 Å². The third-order valence-electron chi connectivity index (χ3n) is 5.85. The highest BCUT2D eigenvalue weighted by atomic mass is 35.5. The SMILES string of the molecule is O=C(CCC1CC(c2ccc(Nc3ccnc4c(C(F)(F)F)cccc34)cc2)=NO1)c1ccc(Cl)s1. The zero-order chi connectivity index (χ0) is 25.3. The van der Waals surface area contributed by atoms with Crippen molar-refractivity contribution < 1.29 is 22.8 Å². The van der Waals surface area contributed by atoms with Gasteiger partial charge >= 0.3 is 6.18 Å². The van der Waals surface area contributed by atoms with Crippen molar-refractivity contribution in [2.24, 2.45) is 5.16 Å². The van der Waals surface area contributed by atoms with Crippen LogP contribution in [-0.4, -0.2) is 22.6 Å². The van der Waals surface area contributed by atoms with Crippen LogP contribution >= 0.6 is 22.9 Å². The lowest BCUT2D eigenvalue weighted by molar-refractivity contribution is -0.136. The number of carbonyl (C=O) groups excluding carboxylic acids is 1. The molecule has 10 heteroatoms. The molecule has 3 heterocycles. The molecule has 0 radical (unpaired) electrons. The van der Waals surface area contributed by atoms with Gasteiger partial charge < -0.3 is 10.2 Å². The predicted octanol–water partition coefficient (Wildman–Crippen LogP) is 7.87. The van der Waals surface area contributed by atoms with Crippen LogP contribution in [0.1, 0.15) is 40.1 Å². The number of Topliss-reactive ketones (excluding diaryl/α,β-unsaturated/α-hetero) is 1. The van der Waals surface area contributed by atoms with Crippen LogP contribution in [0.2, 0.25) is 4.34 Å². The maximum atomic E-state index is 13.4. The number of carbonyl (C=O) groups is 1. The number of fused-ring (bicyclic) bond motifs is 1. The summed E-state index contributed by atoms with van der Waals surface area (Å²) in [5.74, 6) is 0.0327. The van der Waals surface area contributed by atoms with Crippen molar-refractivity contribution in [3.63, 3.8) is 0 Å². The summed E-state index contributed by atoms with van der Waals surface area (Å²) in [6.07, 6.45) is -1.82. The Morgan fingerprint density at radius 3 is 2.64 bits per heavy atom. The van der Waals surface area contributed by atoms with Gasteiger partial charge in [0.1, 0.15) is 6.10 Å². The Bertz CT molecular complexity index is 1450. The molecule has 0 saturated heterocycles. The maximum Gasteiger partial charge on any atom is 0.418 e. The van der Waals surface area contributed by atoms with E-state index in [1.807, 2.05) is 24.3 Å². The second-order valence-electron chi connectivity index (χ2n) is 8.30. The molecule has 4 aromatic rings. The van der Waals surface area contributed by atoms with E-state index in [9.17, 15) is 18.0 Å². The van der Waals surface area contributed by atoms with E-state index in [1.54, 1.807) is 24.3 Å². The number of alkyl halides is 3. The van der Waals surface area contributed by atoms with E-state index in [-0.39, 0.29) is 17.4 Å². The number of halogens is 4. The predicted molar refractivity (Wildman–Crippen MR) is 135 cm³/mol. The van der Waals surface area contributed by atoms with Crippen molar-refractivity contribution in [1.82, 2.24) is 4.98 Å². The molecule has 5 rings (SSSR count). The van der Waals surface area contributed by atoms with E-state index in [0.717, 1.165) is 17.3 Å². The Hall–Kier alpha value is -3.43. The fourth-order valence-corrected chi connectivity index (χ4v) is 5.06. The van der Waals surface area contributed by atoms with E-state index in [0.29, 0.717) is 45.2 Å². The van der Waals surface area contributed by atoms with Gasteiger partial charge in [-0.15, -0.1) is 11.3 Å². The van der Waals surface area contributed by atoms with Gasteiger partial charge in [-0.1, -0.05) is 41.0 Å². The highest BCUT2D eigenvalue weighted by Gasteiger charge is 2.33. The van der Waals surface area contributed by atoms with Crippen LogP contribution in [-0.2, 0) is 11.0 Å². The first-order valence-corrected chi connectivity index (χ1v) is 12.3. The van der Waals surface area contributed by atoms with Crippen LogP contribution in [0.15, 0.2) is 72.0 Å². The molecule has 2 aromatic heterocycles. The third-order valence-corrected chi connectivity index (χ3v) is 7.12. The number of anilines is 2. The van der Waals surface area contributed by atoms with Gasteiger partial charge in [-0.3, -0.25) is 9.78 Å². The van der Waals surface area contributed by atoms with Gasteiger partial charge in [0.05, 0.1) is 26.0 Å². The lowest BCUT2D eigenvalue weighted by atomic mass is 10.0. The average molecular weight is 530 g/mol. The molecule has 0 spiro atoms. The quantitative estimate of drug-likeness (QED) is 0.247. The molecule has 0 saturated carbocycles. The second-order valence-corrected chi connectivity index (χ2v) is 10.0. The minimum atomic E-state index is -4.49. The number of benzene rings is 2. The summed E-state index contributed by atoms with van der Waals surface area (Å²) in [4.78, 5) is 22.4. The van der Waals surface area contributed by atoms with Crippen LogP contribution in [0.5, 0.6) is 0 Å². The number of para-hydroxylation sites is 1. The average Bonchev–Trinajstić information content (AvgIpc) is 3.52. The summed E-state index contributed by atoms with van der Waals surface area (Å²) >= 11 is 7.17. The smallest absolute Gasteiger partial charge is 0.392 e. The highest BCUT2D eigenvalue weighted by Crippen LogP contribution is 2.36. The van der Waals surface area contributed by atoms with Gasteiger partial charge in [0, 0.05) is 35.8 Å². The minimum absolute atomic E-state index is 0.0327. The number of hydrogen-bond donors (Lipinski definition) is 1. The molecular weight excluding hydrogens is 511 g/mol. The summed E-state index contributed by atoms with van der Waals surface area (Å²) in [6.45, 7) is 0. The van der Waals surface area contributed by atoms with E-state index in [1.165, 1.54) is 23.6 Å². The van der Waals surface area contributed by atoms with E-state index in [4.69, 9.17) is 16.4 Å². The molecule has 2 aromatic carbocycles. The monoisotopic (exact) mass is 529 g/mol. The molecule has 1 aliphatic rings. The van der Waals surface area contributed by atoms with Gasteiger partial charge in [-0.25, -0.2) is 0 Å². The molecule has 5 nitrogen and oxygen atoms in total. The summed E-state index contributed by atoms with van der Waals surface area (Å²) in [7, 11) is 0. The molecule has 1 unspecified atom stereocenters. The lowest BCUT2D eigenvalue weighted by Gasteiger charge is -2.13. The van der Waals surface area contributed by atoms with Gasteiger partial charge in [-0.05, 0) is 48.4 Å². The molecular formula is C26H19ClF3N3O2S. The molecule has 0 aliphatic carbocycles. The summed E-state index contributed by atoms with van der Waals surface area (Å²) in [5, 5.41) is 7.74. The van der Waals surface area contributed by atoms with Gasteiger partial charge in [0.15, 0.2) is 5.78 Å². The summed E-state index contributed by atoms with van der Waals surface area (Å²) < 4.78 is 40.7. The second kappa shape index (κ2) is 9.91. The number of hydrogen-bond acceptors (Lipinski definition) is 6. The number of oxime groups is 1. The van der Waals surface area contributed by atoms with E-state index >= 15 is 0 Å². The zero-order valence-electron chi connectivity index (χ0n) is 18.7. The van der Waals surface area contributed by atoms with Crippen LogP contribution in [0.3, 0.4) is 0 Å². The first kappa shape index (κ1) is 24.3. The van der Waals surface area contributed by atoms with Crippen molar-refractivity contribution in [1.29, 1.82) is 0 Å². The Morgan fingerprint density at radius 1 is 1.11 bits per heavy atom. The standard InChI is InChI=1S/C26H19ClF3N3O2S/c27-24-11-10-23(36-24)22(34)9-8-17-14-21(33-35-17)15-4-6-16(7-5-15)32-20-12-13-31-25-18(20)2-1-3-19(25)26(28,29)30/h1-7,10-13,17H,8-9,14H2,(H,31,32). The molecule has 0 fully saturated rings.